The van der Waals surface area contributed by atoms with Crippen LogP contribution in [0.3, 0.4) is 0 Å². The topological polar surface area (TPSA) is 94.8 Å². The number of aliphatic hydroxyl groups is 1. The third kappa shape index (κ3) is 8.09. The molecule has 8 heteroatoms. The highest BCUT2D eigenvalue weighted by molar-refractivity contribution is 5.73. The Morgan fingerprint density at radius 3 is 1.90 bits per heavy atom. The number of halogens is 3. The maximum Gasteiger partial charge on any atom is 0.490 e. The molecule has 1 atom stereocenters. The molecule has 3 N–H and O–H groups in total. The molecule has 0 spiro atoms. The highest BCUT2D eigenvalue weighted by atomic mass is 19.4. The van der Waals surface area contributed by atoms with Gasteiger partial charge in [-0.25, -0.2) is 9.59 Å². The van der Waals surface area contributed by atoms with E-state index in [2.05, 4.69) is 0 Å². The van der Waals surface area contributed by atoms with Crippen molar-refractivity contribution >= 4 is 11.9 Å². The molecule has 0 saturated heterocycles. The van der Waals surface area contributed by atoms with Gasteiger partial charge in [-0.1, -0.05) is 30.3 Å². The molecule has 0 heterocycles. The van der Waals surface area contributed by atoms with Gasteiger partial charge in [-0.2, -0.15) is 13.2 Å². The van der Waals surface area contributed by atoms with E-state index < -0.39 is 24.2 Å². The molecule has 20 heavy (non-hydrogen) atoms. The van der Waals surface area contributed by atoms with Gasteiger partial charge in [0.25, 0.3) is 0 Å². The average Bonchev–Trinajstić information content (AvgIpc) is 2.36. The standard InChI is InChI=1S/C10H12O3.C2HF3O2/c11-9(10(12)13)7-6-8-4-2-1-3-5-8;3-2(4,5)1(6)7/h1-5,9,11H,6-7H2,(H,12,13);(H,6,7)/t9-;/m1./s1. The number of hydrogen-bond donors (Lipinski definition) is 3. The molecule has 0 fully saturated rings. The molecule has 1 aromatic carbocycles. The molecular weight excluding hydrogens is 281 g/mol. The van der Waals surface area contributed by atoms with Gasteiger partial charge in [0.2, 0.25) is 0 Å². The number of rotatable bonds is 4. The lowest BCUT2D eigenvalue weighted by Crippen LogP contribution is -2.21. The van der Waals surface area contributed by atoms with Crippen LogP contribution in [0, 0.1) is 0 Å². The van der Waals surface area contributed by atoms with Crippen LogP contribution >= 0.6 is 0 Å². The highest BCUT2D eigenvalue weighted by Gasteiger charge is 2.38. The van der Waals surface area contributed by atoms with Crippen molar-refractivity contribution in [3.63, 3.8) is 0 Å². The van der Waals surface area contributed by atoms with Gasteiger partial charge in [-0.05, 0) is 18.4 Å². The number of aliphatic carboxylic acids is 2. The third-order valence-corrected chi connectivity index (χ3v) is 2.08. The fraction of sp³-hybridized carbons (Fsp3) is 0.333. The van der Waals surface area contributed by atoms with Gasteiger partial charge >= 0.3 is 18.1 Å². The van der Waals surface area contributed by atoms with Crippen LogP contribution in [0.25, 0.3) is 0 Å². The minimum atomic E-state index is -5.08. The van der Waals surface area contributed by atoms with Crippen molar-refractivity contribution in [2.24, 2.45) is 0 Å². The van der Waals surface area contributed by atoms with Gasteiger partial charge in [0, 0.05) is 0 Å². The van der Waals surface area contributed by atoms with E-state index in [1.807, 2.05) is 30.3 Å². The molecule has 1 rings (SSSR count). The largest absolute Gasteiger partial charge is 0.490 e. The Morgan fingerprint density at radius 1 is 1.10 bits per heavy atom. The molecule has 0 amide bonds. The van der Waals surface area contributed by atoms with Gasteiger partial charge < -0.3 is 15.3 Å². The number of alkyl halides is 3. The summed E-state index contributed by atoms with van der Waals surface area (Å²) in [6.07, 6.45) is -5.48. The minimum Gasteiger partial charge on any atom is -0.479 e. The molecule has 0 aromatic heterocycles. The van der Waals surface area contributed by atoms with Crippen LogP contribution in [-0.2, 0) is 16.0 Å². The van der Waals surface area contributed by atoms with E-state index >= 15 is 0 Å². The third-order valence-electron chi connectivity index (χ3n) is 2.08. The lowest BCUT2D eigenvalue weighted by molar-refractivity contribution is -0.192. The highest BCUT2D eigenvalue weighted by Crippen LogP contribution is 2.13. The Labute approximate surface area is 112 Å². The van der Waals surface area contributed by atoms with Crippen molar-refractivity contribution in [3.05, 3.63) is 35.9 Å². The first kappa shape index (κ1) is 17.9. The zero-order valence-electron chi connectivity index (χ0n) is 10.2. The van der Waals surface area contributed by atoms with E-state index in [1.54, 1.807) is 0 Å². The van der Waals surface area contributed by atoms with Gasteiger partial charge in [-0.15, -0.1) is 0 Å². The van der Waals surface area contributed by atoms with Crippen LogP contribution in [0.4, 0.5) is 13.2 Å². The minimum absolute atomic E-state index is 0.263. The predicted molar refractivity (Wildman–Crippen MR) is 62.1 cm³/mol. The number of carboxylic acid groups (broad SMARTS) is 2. The van der Waals surface area contributed by atoms with Crippen molar-refractivity contribution in [3.8, 4) is 0 Å². The molecule has 0 aliphatic rings. The first-order valence-electron chi connectivity index (χ1n) is 5.39. The zero-order valence-corrected chi connectivity index (χ0v) is 10.2. The Kier molecular flexibility index (Phi) is 7.30. The van der Waals surface area contributed by atoms with E-state index in [4.69, 9.17) is 20.1 Å². The van der Waals surface area contributed by atoms with Gasteiger partial charge in [0.05, 0.1) is 0 Å². The summed E-state index contributed by atoms with van der Waals surface area (Å²) in [5, 5.41) is 24.5. The maximum absolute atomic E-state index is 10.6. The molecule has 1 aromatic rings. The SMILES string of the molecule is O=C(O)C(F)(F)F.O=C(O)[C@H](O)CCc1ccccc1. The summed E-state index contributed by atoms with van der Waals surface area (Å²) in [6.45, 7) is 0. The number of carbonyl (C=O) groups is 2. The monoisotopic (exact) mass is 294 g/mol. The second-order valence-electron chi connectivity index (χ2n) is 3.68. The zero-order chi connectivity index (χ0) is 15.8. The quantitative estimate of drug-likeness (QED) is 0.785. The number of carboxylic acids is 2. The average molecular weight is 294 g/mol. The Morgan fingerprint density at radius 2 is 1.55 bits per heavy atom. The number of hydrogen-bond acceptors (Lipinski definition) is 3. The van der Waals surface area contributed by atoms with Crippen LogP contribution in [-0.4, -0.2) is 39.5 Å². The van der Waals surface area contributed by atoms with Crippen molar-refractivity contribution in [2.75, 3.05) is 0 Å². The van der Waals surface area contributed by atoms with Crippen LogP contribution in [0.2, 0.25) is 0 Å². The fourth-order valence-electron chi connectivity index (χ4n) is 1.07. The first-order valence-corrected chi connectivity index (χ1v) is 5.39. The second kappa shape index (κ2) is 8.16. The van der Waals surface area contributed by atoms with E-state index in [0.29, 0.717) is 6.42 Å². The van der Waals surface area contributed by atoms with Crippen molar-refractivity contribution in [1.29, 1.82) is 0 Å². The predicted octanol–water partition coefficient (Wildman–Crippen LogP) is 1.70. The van der Waals surface area contributed by atoms with Crippen molar-refractivity contribution in [1.82, 2.24) is 0 Å². The summed E-state index contributed by atoms with van der Waals surface area (Å²) < 4.78 is 31.7. The Bertz CT molecular complexity index is 430. The van der Waals surface area contributed by atoms with E-state index in [1.165, 1.54) is 0 Å². The molecule has 0 unspecified atom stereocenters. The van der Waals surface area contributed by atoms with Gasteiger partial charge in [0.15, 0.2) is 6.10 Å². The Hall–Kier alpha value is -2.09. The summed E-state index contributed by atoms with van der Waals surface area (Å²) in [5.41, 5.74) is 1.04. The lowest BCUT2D eigenvalue weighted by atomic mass is 10.1. The normalized spacial score (nSPS) is 12.0. The van der Waals surface area contributed by atoms with Crippen LogP contribution < -0.4 is 0 Å². The number of aliphatic hydroxyl groups excluding tert-OH is 1. The molecule has 0 aliphatic carbocycles. The Balaban J connectivity index is 0.000000441. The summed E-state index contributed by atoms with van der Waals surface area (Å²) in [4.78, 5) is 19.2. The van der Waals surface area contributed by atoms with Crippen LogP contribution in [0.15, 0.2) is 30.3 Å². The first-order chi connectivity index (χ1) is 9.14. The molecule has 0 radical (unpaired) electrons. The van der Waals surface area contributed by atoms with E-state index in [9.17, 15) is 18.0 Å². The molecule has 112 valence electrons. The summed E-state index contributed by atoms with van der Waals surface area (Å²) in [6, 6.07) is 9.51. The molecule has 0 saturated carbocycles. The molecule has 0 bridgehead atoms. The summed E-state index contributed by atoms with van der Waals surface area (Å²) in [7, 11) is 0. The van der Waals surface area contributed by atoms with Crippen molar-refractivity contribution < 1.29 is 38.1 Å². The maximum atomic E-state index is 10.6. The molecular formula is C12H13F3O5. The smallest absolute Gasteiger partial charge is 0.479 e. The van der Waals surface area contributed by atoms with Crippen LogP contribution in [0.5, 0.6) is 0 Å². The summed E-state index contributed by atoms with van der Waals surface area (Å²) >= 11 is 0. The van der Waals surface area contributed by atoms with E-state index in [0.717, 1.165) is 5.56 Å². The number of benzene rings is 1. The van der Waals surface area contributed by atoms with Gasteiger partial charge in [0.1, 0.15) is 0 Å². The van der Waals surface area contributed by atoms with Crippen molar-refractivity contribution in [2.45, 2.75) is 25.1 Å². The lowest BCUT2D eigenvalue weighted by Gasteiger charge is -2.04. The summed E-state index contributed by atoms with van der Waals surface area (Å²) in [5.74, 6) is -3.91. The van der Waals surface area contributed by atoms with Gasteiger partial charge in [-0.3, -0.25) is 0 Å². The number of aryl methyl sites for hydroxylation is 1. The molecule has 0 aliphatic heterocycles. The fourth-order valence-corrected chi connectivity index (χ4v) is 1.07. The molecule has 5 nitrogen and oxygen atoms in total. The van der Waals surface area contributed by atoms with E-state index in [-0.39, 0.29) is 6.42 Å². The second-order valence-corrected chi connectivity index (χ2v) is 3.68. The van der Waals surface area contributed by atoms with Crippen LogP contribution in [0.1, 0.15) is 12.0 Å².